The van der Waals surface area contributed by atoms with Crippen molar-refractivity contribution < 1.29 is 0 Å². The van der Waals surface area contributed by atoms with E-state index >= 15 is 0 Å². The van der Waals surface area contributed by atoms with E-state index in [1.807, 2.05) is 4.42 Å². The first-order chi connectivity index (χ1) is 10.7. The Labute approximate surface area is 138 Å². The summed E-state index contributed by atoms with van der Waals surface area (Å²) < 4.78 is 1.93. The Morgan fingerprint density at radius 1 is 0.955 bits per heavy atom. The topological polar surface area (TPSA) is 6.48 Å². The molecule has 0 radical (unpaired) electrons. The lowest BCUT2D eigenvalue weighted by Gasteiger charge is -2.39. The van der Waals surface area contributed by atoms with Gasteiger partial charge in [-0.15, -0.1) is 0 Å². The van der Waals surface area contributed by atoms with Crippen LogP contribution in [-0.2, 0) is 13.0 Å². The third-order valence-electron chi connectivity index (χ3n) is 4.38. The molecule has 1 atom stereocenters. The molecule has 22 heavy (non-hydrogen) atoms. The predicted molar refractivity (Wildman–Crippen MR) is 92.9 cm³/mol. The van der Waals surface area contributed by atoms with Crippen LogP contribution in [-0.4, -0.2) is 35.0 Å². The van der Waals surface area contributed by atoms with Crippen molar-refractivity contribution in [1.82, 2.24) is 9.32 Å². The number of halogens is 1. The van der Waals surface area contributed by atoms with Crippen molar-refractivity contribution in [3.63, 3.8) is 0 Å². The summed E-state index contributed by atoms with van der Waals surface area (Å²) in [4.78, 5) is 2.57. The molecule has 0 spiro atoms. The van der Waals surface area contributed by atoms with Crippen molar-refractivity contribution >= 4 is 11.8 Å². The van der Waals surface area contributed by atoms with Crippen molar-refractivity contribution in [1.29, 1.82) is 0 Å². The van der Waals surface area contributed by atoms with Crippen molar-refractivity contribution in [2.24, 2.45) is 0 Å². The van der Waals surface area contributed by atoms with Gasteiger partial charge < -0.3 is 0 Å². The molecule has 0 saturated carbocycles. The second kappa shape index (κ2) is 7.28. The van der Waals surface area contributed by atoms with Gasteiger partial charge >= 0.3 is 0 Å². The third kappa shape index (κ3) is 4.10. The fraction of sp³-hybridized carbons (Fsp3) is 0.368. The number of piperazine rings is 1. The second-order valence-electron chi connectivity index (χ2n) is 6.17. The van der Waals surface area contributed by atoms with Crippen LogP contribution in [0.3, 0.4) is 0 Å². The van der Waals surface area contributed by atoms with Crippen LogP contribution in [0.25, 0.3) is 0 Å². The van der Waals surface area contributed by atoms with Crippen LogP contribution in [0.2, 0.25) is 0 Å². The number of rotatable bonds is 4. The van der Waals surface area contributed by atoms with Crippen molar-refractivity contribution in [3.8, 4) is 0 Å². The van der Waals surface area contributed by atoms with Gasteiger partial charge in [-0.2, -0.15) is 0 Å². The molecule has 2 nitrogen and oxygen atoms in total. The summed E-state index contributed by atoms with van der Waals surface area (Å²) in [6, 6.07) is 20.0. The Bertz CT molecular complexity index is 582. The molecule has 1 aliphatic rings. The molecule has 1 saturated heterocycles. The van der Waals surface area contributed by atoms with Gasteiger partial charge in [0.15, 0.2) is 0 Å². The average molecular weight is 315 g/mol. The Kier molecular flexibility index (Phi) is 5.14. The van der Waals surface area contributed by atoms with Gasteiger partial charge in [-0.05, 0) is 36.2 Å². The van der Waals surface area contributed by atoms with Crippen LogP contribution < -0.4 is 0 Å². The quantitative estimate of drug-likeness (QED) is 0.790. The summed E-state index contributed by atoms with van der Waals surface area (Å²) in [6.07, 6.45) is 1.05. The molecule has 0 amide bonds. The lowest BCUT2D eigenvalue weighted by molar-refractivity contribution is 0.112. The SMILES string of the molecule is Cc1ccc(CN2CCN(Cl)CC2Cc2ccccc2)cc1. The Morgan fingerprint density at radius 2 is 1.68 bits per heavy atom. The summed E-state index contributed by atoms with van der Waals surface area (Å²) in [5.74, 6) is 0. The highest BCUT2D eigenvalue weighted by Gasteiger charge is 2.26. The lowest BCUT2D eigenvalue weighted by Crippen LogP contribution is -2.50. The average Bonchev–Trinajstić information content (AvgIpc) is 2.53. The Morgan fingerprint density at radius 3 is 2.41 bits per heavy atom. The first-order valence-electron chi connectivity index (χ1n) is 7.95. The zero-order valence-corrected chi connectivity index (χ0v) is 13.8. The number of hydrogen-bond donors (Lipinski definition) is 0. The highest BCUT2D eigenvalue weighted by Crippen LogP contribution is 2.19. The second-order valence-corrected chi connectivity index (χ2v) is 6.65. The van der Waals surface area contributed by atoms with Crippen LogP contribution in [0, 0.1) is 6.92 Å². The zero-order valence-electron chi connectivity index (χ0n) is 13.1. The molecule has 0 aromatic heterocycles. The minimum Gasteiger partial charge on any atom is -0.293 e. The summed E-state index contributed by atoms with van der Waals surface area (Å²) in [6.45, 7) is 6.01. The van der Waals surface area contributed by atoms with Crippen LogP contribution in [0.4, 0.5) is 0 Å². The molecule has 1 aliphatic heterocycles. The van der Waals surface area contributed by atoms with Crippen molar-refractivity contribution in [2.75, 3.05) is 19.6 Å². The normalized spacial score (nSPS) is 20.2. The first kappa shape index (κ1) is 15.5. The van der Waals surface area contributed by atoms with E-state index in [1.165, 1.54) is 16.7 Å². The van der Waals surface area contributed by atoms with Crippen molar-refractivity contribution in [2.45, 2.75) is 25.9 Å². The Hall–Kier alpha value is -1.35. The minimum atomic E-state index is 0.468. The van der Waals surface area contributed by atoms with E-state index in [-0.39, 0.29) is 0 Å². The molecular formula is C19H23ClN2. The van der Waals surface area contributed by atoms with Gasteiger partial charge in [-0.25, -0.2) is 4.42 Å². The number of aryl methyl sites for hydroxylation is 1. The molecule has 3 heteroatoms. The van der Waals surface area contributed by atoms with Crippen molar-refractivity contribution in [3.05, 3.63) is 71.3 Å². The van der Waals surface area contributed by atoms with E-state index in [2.05, 4.69) is 66.4 Å². The van der Waals surface area contributed by atoms with E-state index in [0.717, 1.165) is 32.6 Å². The fourth-order valence-electron chi connectivity index (χ4n) is 3.07. The molecule has 116 valence electrons. The van der Waals surface area contributed by atoms with E-state index in [4.69, 9.17) is 11.8 Å². The summed E-state index contributed by atoms with van der Waals surface area (Å²) >= 11 is 6.27. The van der Waals surface area contributed by atoms with Gasteiger partial charge in [-0.3, -0.25) is 4.90 Å². The number of benzene rings is 2. The highest BCUT2D eigenvalue weighted by molar-refractivity contribution is 6.13. The molecule has 3 rings (SSSR count). The van der Waals surface area contributed by atoms with Gasteiger partial charge in [0.1, 0.15) is 0 Å². The molecule has 0 bridgehead atoms. The monoisotopic (exact) mass is 314 g/mol. The van der Waals surface area contributed by atoms with Crippen LogP contribution in [0.15, 0.2) is 54.6 Å². The van der Waals surface area contributed by atoms with Gasteiger partial charge in [0.2, 0.25) is 0 Å². The Balaban J connectivity index is 1.70. The molecular weight excluding hydrogens is 292 g/mol. The number of hydrogen-bond acceptors (Lipinski definition) is 2. The summed E-state index contributed by atoms with van der Waals surface area (Å²) in [5, 5.41) is 0. The number of nitrogens with zero attached hydrogens (tertiary/aromatic N) is 2. The summed E-state index contributed by atoms with van der Waals surface area (Å²) in [7, 11) is 0. The largest absolute Gasteiger partial charge is 0.293 e. The van der Waals surface area contributed by atoms with Crippen LogP contribution >= 0.6 is 11.8 Å². The standard InChI is InChI=1S/C19H23ClN2/c1-16-7-9-18(10-8-16)14-21-11-12-22(20)15-19(21)13-17-5-3-2-4-6-17/h2-10,19H,11-15H2,1H3. The maximum Gasteiger partial charge on any atom is 0.0299 e. The molecule has 1 heterocycles. The molecule has 1 fully saturated rings. The molecule has 1 unspecified atom stereocenters. The zero-order chi connectivity index (χ0) is 15.4. The smallest absolute Gasteiger partial charge is 0.0299 e. The molecule has 2 aromatic rings. The fourth-order valence-corrected chi connectivity index (χ4v) is 3.31. The van der Waals surface area contributed by atoms with E-state index < -0.39 is 0 Å². The molecule has 0 N–H and O–H groups in total. The minimum absolute atomic E-state index is 0.468. The van der Waals surface area contributed by atoms with Gasteiger partial charge in [0, 0.05) is 32.2 Å². The highest BCUT2D eigenvalue weighted by atomic mass is 35.5. The van der Waals surface area contributed by atoms with Gasteiger partial charge in [0.05, 0.1) is 0 Å². The molecule has 2 aromatic carbocycles. The van der Waals surface area contributed by atoms with E-state index in [0.29, 0.717) is 6.04 Å². The van der Waals surface area contributed by atoms with Crippen LogP contribution in [0.1, 0.15) is 16.7 Å². The maximum atomic E-state index is 6.27. The molecule has 0 aliphatic carbocycles. The summed E-state index contributed by atoms with van der Waals surface area (Å²) in [5.41, 5.74) is 4.08. The van der Waals surface area contributed by atoms with E-state index in [9.17, 15) is 0 Å². The maximum absolute atomic E-state index is 6.27. The van der Waals surface area contributed by atoms with Crippen LogP contribution in [0.5, 0.6) is 0 Å². The van der Waals surface area contributed by atoms with Gasteiger partial charge in [0.25, 0.3) is 0 Å². The third-order valence-corrected chi connectivity index (χ3v) is 4.68. The van der Waals surface area contributed by atoms with Gasteiger partial charge in [-0.1, -0.05) is 60.2 Å². The lowest BCUT2D eigenvalue weighted by atomic mass is 10.0. The first-order valence-corrected chi connectivity index (χ1v) is 8.29. The van der Waals surface area contributed by atoms with E-state index in [1.54, 1.807) is 0 Å². The predicted octanol–water partition coefficient (Wildman–Crippen LogP) is 3.88.